The zero-order valence-corrected chi connectivity index (χ0v) is 18.3. The summed E-state index contributed by atoms with van der Waals surface area (Å²) in [5.41, 5.74) is 1.88. The molecule has 0 unspecified atom stereocenters. The van der Waals surface area contributed by atoms with Gasteiger partial charge in [-0.15, -0.1) is 0 Å². The Hall–Kier alpha value is -1.40. The first-order valence-electron chi connectivity index (χ1n) is 10.9. The molecule has 1 amide bonds. The van der Waals surface area contributed by atoms with Gasteiger partial charge in [0.15, 0.2) is 0 Å². The number of hydrogen-bond donors (Lipinski definition) is 0. The fraction of sp³-hybridized carbons (Fsp3) is 0.682. The molecule has 1 aliphatic carbocycles. The average Bonchev–Trinajstić information content (AvgIpc) is 2.94. The van der Waals surface area contributed by atoms with Crippen LogP contribution in [0.25, 0.3) is 0 Å². The van der Waals surface area contributed by atoms with Crippen molar-refractivity contribution in [1.82, 2.24) is 4.31 Å². The van der Waals surface area contributed by atoms with E-state index >= 15 is 0 Å². The monoisotopic (exact) mass is 406 g/mol. The van der Waals surface area contributed by atoms with E-state index < -0.39 is 10.0 Å². The molecule has 1 atom stereocenters. The van der Waals surface area contributed by atoms with Crippen LogP contribution in [-0.2, 0) is 21.2 Å². The number of fused-ring (bicyclic) bond motifs is 1. The summed E-state index contributed by atoms with van der Waals surface area (Å²) in [6.07, 6.45) is 7.50. The average molecular weight is 407 g/mol. The van der Waals surface area contributed by atoms with E-state index in [4.69, 9.17) is 0 Å². The lowest BCUT2D eigenvalue weighted by atomic mass is 9.84. The van der Waals surface area contributed by atoms with Crippen LogP contribution in [0.15, 0.2) is 23.1 Å². The highest BCUT2D eigenvalue weighted by molar-refractivity contribution is 7.89. The fourth-order valence-corrected chi connectivity index (χ4v) is 5.69. The van der Waals surface area contributed by atoms with E-state index in [0.717, 1.165) is 62.6 Å². The number of rotatable bonds is 9. The lowest BCUT2D eigenvalue weighted by molar-refractivity contribution is -0.125. The minimum atomic E-state index is -3.50. The Morgan fingerprint density at radius 1 is 1.14 bits per heavy atom. The number of carbonyl (C=O) groups is 1. The molecule has 0 spiro atoms. The summed E-state index contributed by atoms with van der Waals surface area (Å²) in [6.45, 7) is 7.35. The molecule has 28 heavy (non-hydrogen) atoms. The molecule has 5 nitrogen and oxygen atoms in total. The zero-order valence-electron chi connectivity index (χ0n) is 17.5. The topological polar surface area (TPSA) is 57.7 Å². The maximum atomic E-state index is 13.2. The molecule has 0 saturated heterocycles. The van der Waals surface area contributed by atoms with E-state index in [9.17, 15) is 13.2 Å². The minimum Gasteiger partial charge on any atom is -0.309 e. The van der Waals surface area contributed by atoms with Crippen LogP contribution in [0.3, 0.4) is 0 Å². The van der Waals surface area contributed by atoms with Gasteiger partial charge in [0.05, 0.1) is 4.90 Å². The molecule has 1 aromatic rings. The summed E-state index contributed by atoms with van der Waals surface area (Å²) in [7, 11) is -3.50. The van der Waals surface area contributed by atoms with E-state index in [1.165, 1.54) is 0 Å². The summed E-state index contributed by atoms with van der Waals surface area (Å²) < 4.78 is 28.1. The van der Waals surface area contributed by atoms with Gasteiger partial charge in [0, 0.05) is 30.7 Å². The lowest BCUT2D eigenvalue weighted by Gasteiger charge is -2.32. The Bertz CT molecular complexity index is 794. The Kier molecular flexibility index (Phi) is 6.81. The Balaban J connectivity index is 1.85. The highest BCUT2D eigenvalue weighted by atomic mass is 32.2. The minimum absolute atomic E-state index is 0.0948. The lowest BCUT2D eigenvalue weighted by Crippen LogP contribution is -2.42. The number of anilines is 1. The number of benzene rings is 1. The molecular formula is C22H34N2O3S. The van der Waals surface area contributed by atoms with Crippen molar-refractivity contribution in [2.75, 3.05) is 18.0 Å². The number of unbranched alkanes of at least 4 members (excludes halogenated alkanes) is 2. The molecule has 1 saturated carbocycles. The van der Waals surface area contributed by atoms with E-state index in [1.807, 2.05) is 11.0 Å². The van der Waals surface area contributed by atoms with Crippen LogP contribution in [0.1, 0.15) is 71.3 Å². The number of carbonyl (C=O) groups excluding carboxylic acids is 1. The molecule has 0 N–H and O–H groups in total. The molecule has 1 aromatic carbocycles. The van der Waals surface area contributed by atoms with Crippen LogP contribution in [-0.4, -0.2) is 37.8 Å². The van der Waals surface area contributed by atoms with Gasteiger partial charge in [-0.25, -0.2) is 8.42 Å². The van der Waals surface area contributed by atoms with Gasteiger partial charge < -0.3 is 4.90 Å². The first kappa shape index (κ1) is 21.3. The molecule has 0 radical (unpaired) electrons. The second kappa shape index (κ2) is 8.95. The van der Waals surface area contributed by atoms with Crippen LogP contribution >= 0.6 is 0 Å². The molecule has 6 heteroatoms. The molecule has 3 rings (SSSR count). The van der Waals surface area contributed by atoms with Crippen molar-refractivity contribution in [3.8, 4) is 0 Å². The van der Waals surface area contributed by atoms with Crippen molar-refractivity contribution in [3.05, 3.63) is 23.8 Å². The molecular weight excluding hydrogens is 372 g/mol. The molecule has 2 aliphatic rings. The second-order valence-electron chi connectivity index (χ2n) is 8.29. The Labute approximate surface area is 170 Å². The SMILES string of the molecule is CCCCN(CCCC)S(=O)(=O)c1ccc2c(c1)C[C@@H](C)N2C(=O)C1CCC1. The molecule has 0 bridgehead atoms. The normalized spacial score (nSPS) is 19.7. The molecule has 156 valence electrons. The third kappa shape index (κ3) is 4.13. The summed E-state index contributed by atoms with van der Waals surface area (Å²) >= 11 is 0. The summed E-state index contributed by atoms with van der Waals surface area (Å²) in [4.78, 5) is 15.1. The highest BCUT2D eigenvalue weighted by Gasteiger charge is 2.37. The third-order valence-corrected chi connectivity index (χ3v) is 8.01. The van der Waals surface area contributed by atoms with Gasteiger partial charge in [0.25, 0.3) is 0 Å². The van der Waals surface area contributed by atoms with Crippen molar-refractivity contribution in [3.63, 3.8) is 0 Å². The van der Waals surface area contributed by atoms with Crippen molar-refractivity contribution in [2.45, 2.75) is 83.1 Å². The Morgan fingerprint density at radius 3 is 2.32 bits per heavy atom. The molecule has 0 aromatic heterocycles. The van der Waals surface area contributed by atoms with Gasteiger partial charge in [0.1, 0.15) is 0 Å². The number of hydrogen-bond acceptors (Lipinski definition) is 3. The van der Waals surface area contributed by atoms with Gasteiger partial charge in [-0.1, -0.05) is 33.1 Å². The van der Waals surface area contributed by atoms with Crippen molar-refractivity contribution >= 4 is 21.6 Å². The van der Waals surface area contributed by atoms with E-state index in [0.29, 0.717) is 18.0 Å². The predicted molar refractivity (Wildman–Crippen MR) is 113 cm³/mol. The highest BCUT2D eigenvalue weighted by Crippen LogP contribution is 2.38. The summed E-state index contributed by atoms with van der Waals surface area (Å²) in [5, 5.41) is 0. The van der Waals surface area contributed by atoms with Crippen molar-refractivity contribution in [2.24, 2.45) is 5.92 Å². The predicted octanol–water partition coefficient (Wildman–Crippen LogP) is 4.36. The summed E-state index contributed by atoms with van der Waals surface area (Å²) in [6, 6.07) is 5.44. The van der Waals surface area contributed by atoms with Crippen LogP contribution in [0.4, 0.5) is 5.69 Å². The first-order valence-corrected chi connectivity index (χ1v) is 12.3. The van der Waals surface area contributed by atoms with E-state index in [-0.39, 0.29) is 17.9 Å². The smallest absolute Gasteiger partial charge is 0.243 e. The largest absolute Gasteiger partial charge is 0.309 e. The van der Waals surface area contributed by atoms with Gasteiger partial charge in [-0.3, -0.25) is 4.79 Å². The standard InChI is InChI=1S/C22H34N2O3S/c1-4-6-13-23(14-7-5-2)28(26,27)20-11-12-21-19(16-20)15-17(3)24(21)22(25)18-9-8-10-18/h11-12,16-18H,4-10,13-15H2,1-3H3/t17-/m1/s1. The van der Waals surface area contributed by atoms with Crippen LogP contribution in [0.5, 0.6) is 0 Å². The summed E-state index contributed by atoms with van der Waals surface area (Å²) in [5.74, 6) is 0.357. The van der Waals surface area contributed by atoms with Crippen LogP contribution < -0.4 is 4.90 Å². The quantitative estimate of drug-likeness (QED) is 0.612. The second-order valence-corrected chi connectivity index (χ2v) is 10.2. The number of amides is 1. The van der Waals surface area contributed by atoms with Gasteiger partial charge >= 0.3 is 0 Å². The number of sulfonamides is 1. The Morgan fingerprint density at radius 2 is 1.79 bits per heavy atom. The van der Waals surface area contributed by atoms with Gasteiger partial charge in [-0.2, -0.15) is 4.31 Å². The third-order valence-electron chi connectivity index (χ3n) is 6.12. The van der Waals surface area contributed by atoms with E-state index in [1.54, 1.807) is 16.4 Å². The maximum Gasteiger partial charge on any atom is 0.243 e. The maximum absolute atomic E-state index is 13.2. The number of nitrogens with zero attached hydrogens (tertiary/aromatic N) is 2. The zero-order chi connectivity index (χ0) is 20.3. The molecule has 1 heterocycles. The van der Waals surface area contributed by atoms with Crippen LogP contribution in [0, 0.1) is 5.92 Å². The molecule has 1 aliphatic heterocycles. The van der Waals surface area contributed by atoms with E-state index in [2.05, 4.69) is 20.8 Å². The van der Waals surface area contributed by atoms with Crippen molar-refractivity contribution in [1.29, 1.82) is 0 Å². The fourth-order valence-electron chi connectivity index (χ4n) is 4.13. The van der Waals surface area contributed by atoms with Gasteiger partial charge in [-0.05, 0) is 62.8 Å². The van der Waals surface area contributed by atoms with Crippen LogP contribution in [0.2, 0.25) is 0 Å². The first-order chi connectivity index (χ1) is 13.4. The van der Waals surface area contributed by atoms with Crippen molar-refractivity contribution < 1.29 is 13.2 Å². The van der Waals surface area contributed by atoms with Gasteiger partial charge in [0.2, 0.25) is 15.9 Å². The molecule has 1 fully saturated rings.